The molecule has 2 aromatic carbocycles. The van der Waals surface area contributed by atoms with Gasteiger partial charge in [-0.05, 0) is 30.5 Å². The van der Waals surface area contributed by atoms with Crippen LogP contribution in [0.1, 0.15) is 41.6 Å². The van der Waals surface area contributed by atoms with E-state index >= 15 is 0 Å². The van der Waals surface area contributed by atoms with Crippen molar-refractivity contribution >= 4 is 30.0 Å². The molecule has 4 amide bonds. The fraction of sp³-hybridized carbons (Fsp3) is 0.292. The molecule has 0 unspecified atom stereocenters. The molecule has 1 fully saturated rings. The summed E-state index contributed by atoms with van der Waals surface area (Å²) < 4.78 is 5.12. The van der Waals surface area contributed by atoms with Crippen molar-refractivity contribution < 1.29 is 38.4 Å². The van der Waals surface area contributed by atoms with E-state index in [1.54, 1.807) is 18.2 Å². The summed E-state index contributed by atoms with van der Waals surface area (Å²) in [5.74, 6) is -2.13. The van der Waals surface area contributed by atoms with Gasteiger partial charge in [0, 0.05) is 19.4 Å². The van der Waals surface area contributed by atoms with Crippen LogP contribution in [0.5, 0.6) is 0 Å². The number of imide groups is 1. The molecule has 3 rings (SSSR count). The average Bonchev–Trinajstić information content (AvgIpc) is 3.19. The van der Waals surface area contributed by atoms with Gasteiger partial charge in [0.1, 0.15) is 6.61 Å². The molecular formula is C24H25N3O8. The number of hydrogen-bond donors (Lipinski definition) is 1. The van der Waals surface area contributed by atoms with E-state index in [4.69, 9.17) is 14.4 Å². The van der Waals surface area contributed by atoms with Crippen molar-refractivity contribution in [3.05, 3.63) is 71.8 Å². The third-order valence-electron chi connectivity index (χ3n) is 4.85. The quantitative estimate of drug-likeness (QED) is 0.327. The minimum absolute atomic E-state index is 0.0675. The topological polar surface area (TPSA) is 132 Å². The lowest BCUT2D eigenvalue weighted by Gasteiger charge is -2.22. The van der Waals surface area contributed by atoms with Crippen molar-refractivity contribution in [2.24, 2.45) is 0 Å². The predicted molar refractivity (Wildman–Crippen MR) is 120 cm³/mol. The smallest absolute Gasteiger partial charge is 0.445 e. The second-order valence-corrected chi connectivity index (χ2v) is 7.48. The van der Waals surface area contributed by atoms with Gasteiger partial charge in [-0.25, -0.2) is 14.4 Å². The fourth-order valence-electron chi connectivity index (χ4n) is 3.03. The Morgan fingerprint density at radius 3 is 2.17 bits per heavy atom. The summed E-state index contributed by atoms with van der Waals surface area (Å²) in [5, 5.41) is 3.60. The van der Waals surface area contributed by atoms with E-state index < -0.39 is 30.0 Å². The van der Waals surface area contributed by atoms with Gasteiger partial charge in [0.2, 0.25) is 0 Å². The summed E-state index contributed by atoms with van der Waals surface area (Å²) in [5.41, 5.74) is 1.05. The summed E-state index contributed by atoms with van der Waals surface area (Å²) in [4.78, 5) is 70.3. The maximum atomic E-state index is 12.5. The summed E-state index contributed by atoms with van der Waals surface area (Å²) in [7, 11) is 0. The zero-order chi connectivity index (χ0) is 25.0. The van der Waals surface area contributed by atoms with Gasteiger partial charge in [-0.1, -0.05) is 48.5 Å². The standard InChI is InChI=1S/C24H25N3O8/c28-20-13-14-21(29)27(20)35-24(32)26(34-22(30)19-11-5-2-6-12-19)16-8-7-15-25-23(31)33-17-18-9-3-1-4-10-18/h1-6,9-12H,7-8,13-17H2,(H,25,31). The van der Waals surface area contributed by atoms with Gasteiger partial charge in [-0.15, -0.1) is 10.1 Å². The molecule has 1 aliphatic heterocycles. The lowest BCUT2D eigenvalue weighted by Crippen LogP contribution is -2.41. The molecule has 1 heterocycles. The van der Waals surface area contributed by atoms with Gasteiger partial charge in [0.25, 0.3) is 11.8 Å². The number of amides is 4. The molecule has 0 saturated carbocycles. The van der Waals surface area contributed by atoms with Crippen molar-refractivity contribution in [1.82, 2.24) is 15.4 Å². The van der Waals surface area contributed by atoms with Gasteiger partial charge in [-0.2, -0.15) is 0 Å². The average molecular weight is 483 g/mol. The molecule has 184 valence electrons. The van der Waals surface area contributed by atoms with E-state index in [0.717, 1.165) is 5.56 Å². The zero-order valence-electron chi connectivity index (χ0n) is 18.9. The molecule has 0 radical (unpaired) electrons. The van der Waals surface area contributed by atoms with Crippen LogP contribution in [-0.4, -0.2) is 53.2 Å². The summed E-state index contributed by atoms with van der Waals surface area (Å²) in [6.45, 7) is 0.274. The van der Waals surface area contributed by atoms with Crippen LogP contribution >= 0.6 is 0 Å². The Hall–Kier alpha value is -4.41. The molecule has 35 heavy (non-hydrogen) atoms. The Kier molecular flexibility index (Phi) is 9.17. The number of hydroxylamine groups is 4. The summed E-state index contributed by atoms with van der Waals surface area (Å²) in [6, 6.07) is 17.2. The van der Waals surface area contributed by atoms with Crippen molar-refractivity contribution in [1.29, 1.82) is 0 Å². The molecule has 1 N–H and O–H groups in total. The number of carbonyl (C=O) groups excluding carboxylic acids is 5. The lowest BCUT2D eigenvalue weighted by atomic mass is 10.2. The molecule has 2 aromatic rings. The first-order valence-corrected chi connectivity index (χ1v) is 11.0. The Morgan fingerprint density at radius 1 is 0.886 bits per heavy atom. The van der Waals surface area contributed by atoms with Crippen molar-refractivity contribution in [2.45, 2.75) is 32.3 Å². The lowest BCUT2D eigenvalue weighted by molar-refractivity contribution is -0.183. The highest BCUT2D eigenvalue weighted by molar-refractivity contribution is 6.01. The van der Waals surface area contributed by atoms with Gasteiger partial charge in [0.15, 0.2) is 0 Å². The van der Waals surface area contributed by atoms with Crippen LogP contribution < -0.4 is 5.32 Å². The van der Waals surface area contributed by atoms with E-state index in [1.807, 2.05) is 30.3 Å². The minimum Gasteiger partial charge on any atom is -0.445 e. The second-order valence-electron chi connectivity index (χ2n) is 7.48. The number of ether oxygens (including phenoxy) is 1. The molecule has 0 aromatic heterocycles. The van der Waals surface area contributed by atoms with E-state index in [2.05, 4.69) is 5.32 Å². The molecule has 0 atom stereocenters. The maximum absolute atomic E-state index is 12.5. The summed E-state index contributed by atoms with van der Waals surface area (Å²) >= 11 is 0. The number of nitrogens with zero attached hydrogens (tertiary/aromatic N) is 2. The molecule has 0 spiro atoms. The van der Waals surface area contributed by atoms with Crippen LogP contribution in [0.4, 0.5) is 9.59 Å². The van der Waals surface area contributed by atoms with Crippen molar-refractivity contribution in [3.63, 3.8) is 0 Å². The van der Waals surface area contributed by atoms with Crippen LogP contribution in [0.2, 0.25) is 0 Å². The number of hydrogen-bond acceptors (Lipinski definition) is 8. The zero-order valence-corrected chi connectivity index (χ0v) is 18.9. The van der Waals surface area contributed by atoms with Crippen LogP contribution in [0.25, 0.3) is 0 Å². The van der Waals surface area contributed by atoms with Gasteiger partial charge < -0.3 is 19.7 Å². The van der Waals surface area contributed by atoms with E-state index in [9.17, 15) is 24.0 Å². The second kappa shape index (κ2) is 12.7. The first kappa shape index (κ1) is 25.2. The Morgan fingerprint density at radius 2 is 1.51 bits per heavy atom. The summed E-state index contributed by atoms with van der Waals surface area (Å²) in [6.07, 6.45) is -1.20. The van der Waals surface area contributed by atoms with Crippen LogP contribution in [0.3, 0.4) is 0 Å². The third kappa shape index (κ3) is 7.84. The van der Waals surface area contributed by atoms with E-state index in [0.29, 0.717) is 23.0 Å². The van der Waals surface area contributed by atoms with Gasteiger partial charge in [0.05, 0.1) is 12.1 Å². The number of unbranched alkanes of at least 4 members (excludes halogenated alkanes) is 1. The number of rotatable bonds is 9. The number of benzene rings is 2. The molecule has 1 saturated heterocycles. The largest absolute Gasteiger partial charge is 0.468 e. The van der Waals surface area contributed by atoms with Crippen LogP contribution in [0, 0.1) is 0 Å². The normalized spacial score (nSPS) is 12.7. The van der Waals surface area contributed by atoms with Crippen LogP contribution in [0.15, 0.2) is 60.7 Å². The molecule has 1 aliphatic rings. The first-order chi connectivity index (χ1) is 16.9. The van der Waals surface area contributed by atoms with Crippen molar-refractivity contribution in [3.8, 4) is 0 Å². The number of nitrogens with one attached hydrogen (secondary N) is 1. The van der Waals surface area contributed by atoms with E-state index in [-0.39, 0.29) is 38.1 Å². The Labute approximate surface area is 201 Å². The minimum atomic E-state index is -1.19. The van der Waals surface area contributed by atoms with E-state index in [1.165, 1.54) is 12.1 Å². The molecule has 0 bridgehead atoms. The highest BCUT2D eigenvalue weighted by Gasteiger charge is 2.35. The molecule has 11 heteroatoms. The first-order valence-electron chi connectivity index (χ1n) is 11.0. The van der Waals surface area contributed by atoms with Crippen LogP contribution in [-0.2, 0) is 30.6 Å². The number of carbonyl (C=O) groups is 5. The molecular weight excluding hydrogens is 458 g/mol. The SMILES string of the molecule is O=C(NCCCCN(OC(=O)c1ccccc1)C(=O)ON1C(=O)CCC1=O)OCc1ccccc1. The maximum Gasteiger partial charge on any atom is 0.468 e. The molecule has 11 nitrogen and oxygen atoms in total. The fourth-order valence-corrected chi connectivity index (χ4v) is 3.03. The Bertz CT molecular complexity index is 1030. The van der Waals surface area contributed by atoms with Crippen molar-refractivity contribution in [2.75, 3.05) is 13.1 Å². The Balaban J connectivity index is 1.47. The highest BCUT2D eigenvalue weighted by atomic mass is 16.8. The third-order valence-corrected chi connectivity index (χ3v) is 4.85. The number of alkyl carbamates (subject to hydrolysis) is 1. The predicted octanol–water partition coefficient (Wildman–Crippen LogP) is 2.97. The monoisotopic (exact) mass is 483 g/mol. The van der Waals surface area contributed by atoms with Gasteiger partial charge in [-0.3, -0.25) is 9.59 Å². The highest BCUT2D eigenvalue weighted by Crippen LogP contribution is 2.14. The van der Waals surface area contributed by atoms with Gasteiger partial charge >= 0.3 is 18.2 Å². The molecule has 0 aliphatic carbocycles.